The third-order valence-corrected chi connectivity index (χ3v) is 11.0. The molecule has 1 heteroatoms. The van der Waals surface area contributed by atoms with Gasteiger partial charge in [-0.15, -0.1) is 0 Å². The van der Waals surface area contributed by atoms with Gasteiger partial charge in [0.15, 0.2) is 0 Å². The zero-order chi connectivity index (χ0) is 33.2. The molecule has 0 saturated carbocycles. The topological polar surface area (TPSA) is 26.0 Å². The van der Waals surface area contributed by atoms with Crippen LogP contribution in [-0.2, 0) is 12.0 Å². The second kappa shape index (κ2) is 32.7. The van der Waals surface area contributed by atoms with Gasteiger partial charge in [0.25, 0.3) is 0 Å². The average Bonchev–Trinajstić information content (AvgIpc) is 3.08. The van der Waals surface area contributed by atoms with Gasteiger partial charge in [0.1, 0.15) is 0 Å². The van der Waals surface area contributed by atoms with Gasteiger partial charge in [0.2, 0.25) is 0 Å². The largest absolute Gasteiger partial charge is 0.321 e. The van der Waals surface area contributed by atoms with E-state index >= 15 is 0 Å². The van der Waals surface area contributed by atoms with Crippen LogP contribution in [0.25, 0.3) is 0 Å². The minimum absolute atomic E-state index is 0.151. The van der Waals surface area contributed by atoms with Crippen LogP contribution >= 0.6 is 0 Å². The summed E-state index contributed by atoms with van der Waals surface area (Å²) in [5.41, 5.74) is 9.96. The van der Waals surface area contributed by atoms with Crippen molar-refractivity contribution < 1.29 is 0 Å². The van der Waals surface area contributed by atoms with E-state index in [0.29, 0.717) is 0 Å². The van der Waals surface area contributed by atoms with Crippen molar-refractivity contribution >= 4 is 0 Å². The van der Waals surface area contributed by atoms with Gasteiger partial charge in [-0.25, -0.2) is 0 Å². The van der Waals surface area contributed by atoms with Crippen LogP contribution in [0.5, 0.6) is 0 Å². The molecule has 1 aromatic carbocycles. The Hall–Kier alpha value is -0.820. The zero-order valence-corrected chi connectivity index (χ0v) is 32.1. The van der Waals surface area contributed by atoms with Gasteiger partial charge in [-0.05, 0) is 36.8 Å². The van der Waals surface area contributed by atoms with Gasteiger partial charge in [0.05, 0.1) is 0 Å². The van der Waals surface area contributed by atoms with E-state index in [4.69, 9.17) is 5.73 Å². The number of hydrogen-bond acceptors (Lipinski definition) is 1. The number of benzene rings is 1. The van der Waals surface area contributed by atoms with Crippen molar-refractivity contribution in [2.75, 3.05) is 0 Å². The Morgan fingerprint density at radius 3 is 1.04 bits per heavy atom. The highest BCUT2D eigenvalue weighted by molar-refractivity contribution is 5.33. The molecule has 0 aliphatic carbocycles. The third-order valence-electron chi connectivity index (χ3n) is 11.0. The van der Waals surface area contributed by atoms with Crippen molar-refractivity contribution in [2.45, 2.75) is 251 Å². The molecule has 0 heterocycles. The highest BCUT2D eigenvalue weighted by atomic mass is 14.7. The van der Waals surface area contributed by atoms with E-state index in [2.05, 4.69) is 45.0 Å². The van der Waals surface area contributed by atoms with Crippen LogP contribution in [-0.4, -0.2) is 0 Å². The number of aryl methyl sites for hydroxylation is 1. The van der Waals surface area contributed by atoms with E-state index in [-0.39, 0.29) is 5.54 Å². The minimum Gasteiger partial charge on any atom is -0.321 e. The molecule has 0 amide bonds. The van der Waals surface area contributed by atoms with Crippen LogP contribution in [0.1, 0.15) is 250 Å². The molecule has 1 aromatic rings. The van der Waals surface area contributed by atoms with Crippen LogP contribution in [0, 0.1) is 0 Å². The van der Waals surface area contributed by atoms with Gasteiger partial charge in [-0.1, -0.05) is 244 Å². The Balaban J connectivity index is 2.08. The molecule has 1 rings (SSSR count). The molecule has 0 radical (unpaired) electrons. The Bertz CT molecular complexity index is 740. The fraction of sp³-hybridized carbons (Fsp3) is 0.867. The summed E-state index contributed by atoms with van der Waals surface area (Å²) in [6, 6.07) is 9.16. The molecule has 1 atom stereocenters. The summed E-state index contributed by atoms with van der Waals surface area (Å²) in [5, 5.41) is 0. The molecule has 2 N–H and O–H groups in total. The van der Waals surface area contributed by atoms with Gasteiger partial charge in [0, 0.05) is 5.54 Å². The van der Waals surface area contributed by atoms with E-state index in [1.54, 1.807) is 0 Å². The smallest absolute Gasteiger partial charge is 0.0409 e. The molecular formula is C45H85N. The van der Waals surface area contributed by atoms with Crippen molar-refractivity contribution in [3.63, 3.8) is 0 Å². The van der Waals surface area contributed by atoms with Crippen molar-refractivity contribution in [3.05, 3.63) is 35.4 Å². The van der Waals surface area contributed by atoms with Crippen molar-refractivity contribution in [1.29, 1.82) is 0 Å². The Kier molecular flexibility index (Phi) is 30.7. The van der Waals surface area contributed by atoms with Crippen LogP contribution in [0.4, 0.5) is 0 Å². The standard InChI is InChI=1S/C45H85N/c1-4-7-9-11-13-15-17-19-21-23-25-27-29-31-33-35-39-43-40-36-37-41-44(43)45(46,6-3)42-38-34-32-30-28-26-24-22-20-18-16-14-12-10-8-5-2/h36-37,40-41H,4-35,38-39,42,46H2,1-3H3. The minimum atomic E-state index is -0.151. The normalized spacial score (nSPS) is 13.0. The summed E-state index contributed by atoms with van der Waals surface area (Å²) in [5.74, 6) is 0. The average molecular weight is 640 g/mol. The molecule has 1 unspecified atom stereocenters. The fourth-order valence-electron chi connectivity index (χ4n) is 7.58. The van der Waals surface area contributed by atoms with E-state index in [1.807, 2.05) is 0 Å². The summed E-state index contributed by atoms with van der Waals surface area (Å²) < 4.78 is 0. The van der Waals surface area contributed by atoms with Gasteiger partial charge < -0.3 is 5.73 Å². The van der Waals surface area contributed by atoms with E-state index in [1.165, 1.54) is 223 Å². The molecule has 0 saturated heterocycles. The van der Waals surface area contributed by atoms with Gasteiger partial charge >= 0.3 is 0 Å². The first-order valence-electron chi connectivity index (χ1n) is 21.5. The Labute approximate surface area is 291 Å². The molecular weight excluding hydrogens is 555 g/mol. The van der Waals surface area contributed by atoms with Crippen LogP contribution in [0.2, 0.25) is 0 Å². The first-order chi connectivity index (χ1) is 22.7. The first-order valence-corrected chi connectivity index (χ1v) is 21.5. The van der Waals surface area contributed by atoms with Crippen LogP contribution < -0.4 is 5.73 Å². The molecule has 0 spiro atoms. The molecule has 0 fully saturated rings. The molecule has 46 heavy (non-hydrogen) atoms. The van der Waals surface area contributed by atoms with E-state index in [0.717, 1.165) is 12.8 Å². The molecule has 270 valence electrons. The lowest BCUT2D eigenvalue weighted by Crippen LogP contribution is -2.37. The molecule has 0 aliphatic heterocycles. The van der Waals surface area contributed by atoms with E-state index in [9.17, 15) is 0 Å². The summed E-state index contributed by atoms with van der Waals surface area (Å²) >= 11 is 0. The summed E-state index contributed by atoms with van der Waals surface area (Å²) in [6.45, 7) is 6.92. The second-order valence-corrected chi connectivity index (χ2v) is 15.3. The van der Waals surface area contributed by atoms with Crippen molar-refractivity contribution in [2.24, 2.45) is 5.73 Å². The van der Waals surface area contributed by atoms with Gasteiger partial charge in [-0.3, -0.25) is 0 Å². The predicted octanol–water partition coefficient (Wildman–Crippen LogP) is 15.7. The highest BCUT2D eigenvalue weighted by Crippen LogP contribution is 2.32. The maximum Gasteiger partial charge on any atom is 0.0409 e. The predicted molar refractivity (Wildman–Crippen MR) is 210 cm³/mol. The fourth-order valence-corrected chi connectivity index (χ4v) is 7.58. The highest BCUT2D eigenvalue weighted by Gasteiger charge is 2.26. The third kappa shape index (κ3) is 24.3. The second-order valence-electron chi connectivity index (χ2n) is 15.3. The van der Waals surface area contributed by atoms with Gasteiger partial charge in [-0.2, -0.15) is 0 Å². The van der Waals surface area contributed by atoms with Crippen LogP contribution in [0.15, 0.2) is 24.3 Å². The molecule has 0 bridgehead atoms. The monoisotopic (exact) mass is 640 g/mol. The lowest BCUT2D eigenvalue weighted by molar-refractivity contribution is 0.369. The molecule has 1 nitrogen and oxygen atoms in total. The maximum absolute atomic E-state index is 7.14. The number of nitrogens with two attached hydrogens (primary N) is 1. The Morgan fingerprint density at radius 2 is 0.696 bits per heavy atom. The quantitative estimate of drug-likeness (QED) is 0.0726. The molecule has 0 aromatic heterocycles. The summed E-state index contributed by atoms with van der Waals surface area (Å²) in [7, 11) is 0. The number of rotatable bonds is 36. The van der Waals surface area contributed by atoms with Crippen molar-refractivity contribution in [3.8, 4) is 0 Å². The van der Waals surface area contributed by atoms with Crippen molar-refractivity contribution in [1.82, 2.24) is 0 Å². The van der Waals surface area contributed by atoms with Crippen LogP contribution in [0.3, 0.4) is 0 Å². The lowest BCUT2D eigenvalue weighted by atomic mass is 9.80. The SMILES string of the molecule is CCCCCCCCCCCCCCCCCCc1ccccc1C(N)(CC)CCCCCCCCCCCCCCCCCC. The lowest BCUT2D eigenvalue weighted by Gasteiger charge is -2.31. The van der Waals surface area contributed by atoms with E-state index < -0.39 is 0 Å². The number of hydrogen-bond donors (Lipinski definition) is 1. The Morgan fingerprint density at radius 1 is 0.391 bits per heavy atom. The number of unbranched alkanes of at least 4 members (excludes halogenated alkanes) is 30. The molecule has 0 aliphatic rings. The first kappa shape index (κ1) is 43.2. The zero-order valence-electron chi connectivity index (χ0n) is 32.1. The maximum atomic E-state index is 7.14. The summed E-state index contributed by atoms with van der Waals surface area (Å²) in [6.07, 6.45) is 49.0. The summed E-state index contributed by atoms with van der Waals surface area (Å²) in [4.78, 5) is 0.